The van der Waals surface area contributed by atoms with Gasteiger partial charge in [-0.3, -0.25) is 0 Å². The van der Waals surface area contributed by atoms with Gasteiger partial charge in [0.05, 0.1) is 11.1 Å². The zero-order valence-corrected chi connectivity index (χ0v) is 24.4. The van der Waals surface area contributed by atoms with Crippen LogP contribution in [0.2, 0.25) is 0 Å². The first kappa shape index (κ1) is 30.3. The van der Waals surface area contributed by atoms with E-state index in [0.717, 1.165) is 47.3 Å². The second-order valence-corrected chi connectivity index (χ2v) is 11.6. The summed E-state index contributed by atoms with van der Waals surface area (Å²) in [4.78, 5) is 22.5. The van der Waals surface area contributed by atoms with Crippen LogP contribution in [0.1, 0.15) is 75.7 Å². The Kier molecular flexibility index (Phi) is 9.98. The maximum Gasteiger partial charge on any atom is 0.335 e. The molecule has 1 unspecified atom stereocenters. The lowest BCUT2D eigenvalue weighted by molar-refractivity contribution is 0.0686. The first-order valence-electron chi connectivity index (χ1n) is 14.2. The third kappa shape index (κ3) is 8.68. The summed E-state index contributed by atoms with van der Waals surface area (Å²) in [6.45, 7) is 7.08. The van der Waals surface area contributed by atoms with Crippen molar-refractivity contribution in [3.63, 3.8) is 0 Å². The molecule has 0 saturated carbocycles. The fourth-order valence-corrected chi connectivity index (χ4v) is 4.77. The van der Waals surface area contributed by atoms with Crippen molar-refractivity contribution in [2.75, 3.05) is 0 Å². The third-order valence-corrected chi connectivity index (χ3v) is 7.38. The average Bonchev–Trinajstić information content (AvgIpc) is 2.98. The molecule has 0 radical (unpaired) electrons. The van der Waals surface area contributed by atoms with Crippen molar-refractivity contribution in [2.45, 2.75) is 52.1 Å². The van der Waals surface area contributed by atoms with Crippen LogP contribution in [0.15, 0.2) is 103 Å². The molecular weight excluding hydrogens is 524 g/mol. The molecule has 0 fully saturated rings. The van der Waals surface area contributed by atoms with Crippen LogP contribution < -0.4 is 4.74 Å². The van der Waals surface area contributed by atoms with E-state index in [1.54, 1.807) is 24.3 Å². The number of carboxylic acid groups (broad SMARTS) is 2. The summed E-state index contributed by atoms with van der Waals surface area (Å²) in [6.07, 6.45) is 6.66. The van der Waals surface area contributed by atoms with E-state index in [1.165, 1.54) is 5.56 Å². The lowest BCUT2D eigenvalue weighted by Crippen LogP contribution is -2.10. The van der Waals surface area contributed by atoms with Gasteiger partial charge >= 0.3 is 11.9 Å². The van der Waals surface area contributed by atoms with Crippen LogP contribution >= 0.6 is 0 Å². The number of hydrogen-bond donors (Lipinski definition) is 2. The maximum absolute atomic E-state index is 11.3. The van der Waals surface area contributed by atoms with Crippen LogP contribution in [0.4, 0.5) is 0 Å². The molecule has 0 heterocycles. The summed E-state index contributed by atoms with van der Waals surface area (Å²) < 4.78 is 6.24. The van der Waals surface area contributed by atoms with Crippen molar-refractivity contribution in [2.24, 2.45) is 5.92 Å². The van der Waals surface area contributed by atoms with Crippen molar-refractivity contribution in [3.05, 3.63) is 142 Å². The van der Waals surface area contributed by atoms with Gasteiger partial charge in [0.25, 0.3) is 0 Å². The van der Waals surface area contributed by atoms with E-state index in [2.05, 4.69) is 57.2 Å². The van der Waals surface area contributed by atoms with Gasteiger partial charge in [0, 0.05) is 5.56 Å². The Balaban J connectivity index is 1.49. The number of hydrogen-bond acceptors (Lipinski definition) is 3. The zero-order chi connectivity index (χ0) is 30.1. The Hall–Kier alpha value is -4.64. The summed E-state index contributed by atoms with van der Waals surface area (Å²) in [7, 11) is 0. The fraction of sp³-hybridized carbons (Fsp3) is 0.243. The van der Waals surface area contributed by atoms with E-state index in [9.17, 15) is 19.8 Å². The van der Waals surface area contributed by atoms with Gasteiger partial charge in [-0.05, 0) is 83.2 Å². The van der Waals surface area contributed by atoms with Crippen molar-refractivity contribution >= 4 is 18.0 Å². The predicted molar refractivity (Wildman–Crippen MR) is 167 cm³/mol. The molecule has 42 heavy (non-hydrogen) atoms. The maximum atomic E-state index is 11.3. The van der Waals surface area contributed by atoms with E-state index in [-0.39, 0.29) is 22.5 Å². The first-order valence-corrected chi connectivity index (χ1v) is 14.2. The summed E-state index contributed by atoms with van der Waals surface area (Å²) in [5.41, 5.74) is 6.15. The van der Waals surface area contributed by atoms with Gasteiger partial charge in [-0.25, -0.2) is 9.59 Å². The van der Waals surface area contributed by atoms with Gasteiger partial charge in [0.15, 0.2) is 0 Å². The Morgan fingerprint density at radius 3 is 1.86 bits per heavy atom. The zero-order valence-electron chi connectivity index (χ0n) is 24.4. The monoisotopic (exact) mass is 562 g/mol. The highest BCUT2D eigenvalue weighted by Crippen LogP contribution is 2.26. The number of aromatic carboxylic acids is 2. The number of ether oxygens (including phenoxy) is 1. The molecule has 0 aromatic heterocycles. The van der Waals surface area contributed by atoms with Gasteiger partial charge in [-0.1, -0.05) is 99.7 Å². The van der Waals surface area contributed by atoms with Crippen LogP contribution in [-0.4, -0.2) is 22.2 Å². The number of para-hydroxylation sites is 1. The summed E-state index contributed by atoms with van der Waals surface area (Å²) in [6, 6.07) is 30.6. The minimum atomic E-state index is -0.940. The van der Waals surface area contributed by atoms with E-state index in [0.29, 0.717) is 6.61 Å². The molecule has 4 rings (SSSR count). The predicted octanol–water partition coefficient (Wildman–Crippen LogP) is 8.46. The number of benzene rings is 4. The highest BCUT2D eigenvalue weighted by Gasteiger charge is 2.13. The topological polar surface area (TPSA) is 83.8 Å². The second-order valence-electron chi connectivity index (χ2n) is 11.6. The minimum Gasteiger partial charge on any atom is -0.488 e. The number of carboxylic acids is 2. The molecule has 4 aromatic rings. The molecule has 1 atom stereocenters. The fourth-order valence-electron chi connectivity index (χ4n) is 4.77. The Bertz CT molecular complexity index is 1510. The quantitative estimate of drug-likeness (QED) is 0.181. The molecule has 2 N–H and O–H groups in total. The van der Waals surface area contributed by atoms with Crippen LogP contribution in [0, 0.1) is 5.92 Å². The molecule has 0 aliphatic rings. The minimum absolute atomic E-state index is 0.105. The van der Waals surface area contributed by atoms with E-state index < -0.39 is 11.9 Å². The number of aryl methyl sites for hydroxylation is 1. The lowest BCUT2D eigenvalue weighted by atomic mass is 9.87. The third-order valence-electron chi connectivity index (χ3n) is 7.38. The first-order chi connectivity index (χ1) is 20.1. The van der Waals surface area contributed by atoms with Crippen molar-refractivity contribution in [1.29, 1.82) is 0 Å². The molecule has 5 nitrogen and oxygen atoms in total. The summed E-state index contributed by atoms with van der Waals surface area (Å²) in [5, 5.41) is 18.5. The molecule has 0 saturated heterocycles. The van der Waals surface area contributed by atoms with Gasteiger partial charge in [-0.2, -0.15) is 0 Å². The number of rotatable bonds is 12. The van der Waals surface area contributed by atoms with Crippen LogP contribution in [0.3, 0.4) is 0 Å². The van der Waals surface area contributed by atoms with Gasteiger partial charge in [0.2, 0.25) is 0 Å². The standard InChI is InChI=1S/C37H38O5/c1-37(2,3)33-22-15-29(16-23-33)25-42-34-7-5-4-6-30(34)17-12-27(24-28-13-20-32(21-14-28)36(40)41)9-8-26-10-18-31(19-11-26)35(38)39/h4-7,10-23,27H,8-9,24-25H2,1-3H3,(H,38,39)(H,40,41)/b17-12+. The second kappa shape index (κ2) is 13.8. The molecule has 0 bridgehead atoms. The highest BCUT2D eigenvalue weighted by molar-refractivity contribution is 5.88. The molecule has 0 spiro atoms. The van der Waals surface area contributed by atoms with Crippen LogP contribution in [0.5, 0.6) is 5.75 Å². The molecule has 4 aromatic carbocycles. The molecular formula is C37H38O5. The van der Waals surface area contributed by atoms with Crippen molar-refractivity contribution in [3.8, 4) is 5.75 Å². The average molecular weight is 563 g/mol. The van der Waals surface area contributed by atoms with Crippen LogP contribution in [0.25, 0.3) is 6.08 Å². The normalized spacial score (nSPS) is 12.3. The van der Waals surface area contributed by atoms with Crippen molar-refractivity contribution < 1.29 is 24.5 Å². The van der Waals surface area contributed by atoms with Gasteiger partial charge in [0.1, 0.15) is 12.4 Å². The Labute approximate surface area is 248 Å². The van der Waals surface area contributed by atoms with Crippen molar-refractivity contribution in [1.82, 2.24) is 0 Å². The summed E-state index contributed by atoms with van der Waals surface area (Å²) in [5.74, 6) is -0.903. The molecule has 0 amide bonds. The van der Waals surface area contributed by atoms with Gasteiger partial charge in [-0.15, -0.1) is 0 Å². The van der Waals surface area contributed by atoms with Gasteiger partial charge < -0.3 is 14.9 Å². The van der Waals surface area contributed by atoms with E-state index >= 15 is 0 Å². The Morgan fingerprint density at radius 2 is 1.29 bits per heavy atom. The summed E-state index contributed by atoms with van der Waals surface area (Å²) >= 11 is 0. The SMILES string of the molecule is CC(C)(C)c1ccc(COc2ccccc2/C=C/C(CCc2ccc(C(=O)O)cc2)Cc2ccc(C(=O)O)cc2)cc1. The molecule has 216 valence electrons. The smallest absolute Gasteiger partial charge is 0.335 e. The number of carbonyl (C=O) groups is 2. The highest BCUT2D eigenvalue weighted by atomic mass is 16.5. The molecule has 0 aliphatic heterocycles. The largest absolute Gasteiger partial charge is 0.488 e. The molecule has 0 aliphatic carbocycles. The lowest BCUT2D eigenvalue weighted by Gasteiger charge is -2.19. The van der Waals surface area contributed by atoms with Crippen LogP contribution in [-0.2, 0) is 24.9 Å². The Morgan fingerprint density at radius 1 is 0.738 bits per heavy atom. The number of allylic oxidation sites excluding steroid dienone is 1. The molecule has 5 heteroatoms. The van der Waals surface area contributed by atoms with E-state index in [1.807, 2.05) is 48.5 Å². The van der Waals surface area contributed by atoms with E-state index in [4.69, 9.17) is 4.74 Å².